The summed E-state index contributed by atoms with van der Waals surface area (Å²) in [4.78, 5) is 17.9. The molecule has 0 radical (unpaired) electrons. The Balaban J connectivity index is 2.02. The molecule has 2 atom stereocenters. The van der Waals surface area contributed by atoms with E-state index in [4.69, 9.17) is 10.5 Å². The fourth-order valence-corrected chi connectivity index (χ4v) is 2.45. The molecule has 1 aliphatic heterocycles. The maximum atomic E-state index is 11.9. The minimum atomic E-state index is -0.605. The van der Waals surface area contributed by atoms with E-state index in [1.54, 1.807) is 33.2 Å². The molecule has 1 aromatic heterocycles. The van der Waals surface area contributed by atoms with Gasteiger partial charge in [0.05, 0.1) is 29.7 Å². The second-order valence-electron chi connectivity index (χ2n) is 6.49. The van der Waals surface area contributed by atoms with E-state index in [2.05, 4.69) is 10.3 Å². The van der Waals surface area contributed by atoms with Crippen LogP contribution in [0, 0.1) is 0 Å². The lowest BCUT2D eigenvalue weighted by atomic mass is 10.0. The molecule has 0 bridgehead atoms. The van der Waals surface area contributed by atoms with Gasteiger partial charge in [-0.3, -0.25) is 4.98 Å². The first-order valence-corrected chi connectivity index (χ1v) is 7.38. The minimum Gasteiger partial charge on any atom is -0.444 e. The molecule has 1 fully saturated rings. The summed E-state index contributed by atoms with van der Waals surface area (Å²) < 4.78 is 5.24. The first-order valence-electron chi connectivity index (χ1n) is 7.38. The Kier molecular flexibility index (Phi) is 4.75. The van der Waals surface area contributed by atoms with Crippen LogP contribution in [0.1, 0.15) is 27.2 Å². The third kappa shape index (κ3) is 4.24. The van der Waals surface area contributed by atoms with E-state index in [9.17, 15) is 9.90 Å². The van der Waals surface area contributed by atoms with Gasteiger partial charge < -0.3 is 25.8 Å². The molecule has 7 heteroatoms. The van der Waals surface area contributed by atoms with Gasteiger partial charge in [-0.15, -0.1) is 0 Å². The summed E-state index contributed by atoms with van der Waals surface area (Å²) in [7, 11) is 0. The van der Waals surface area contributed by atoms with Crippen molar-refractivity contribution in [3.63, 3.8) is 0 Å². The number of hydrogen-bond donors (Lipinski definition) is 3. The number of hydrogen-bond acceptors (Lipinski definition) is 6. The highest BCUT2D eigenvalue weighted by Gasteiger charge is 2.31. The predicted molar refractivity (Wildman–Crippen MR) is 84.6 cm³/mol. The van der Waals surface area contributed by atoms with Gasteiger partial charge in [-0.05, 0) is 33.3 Å². The number of amides is 1. The zero-order chi connectivity index (χ0) is 16.3. The van der Waals surface area contributed by atoms with Crippen molar-refractivity contribution in [1.29, 1.82) is 0 Å². The highest BCUT2D eigenvalue weighted by Crippen LogP contribution is 2.25. The molecule has 1 aromatic rings. The molecule has 0 aliphatic carbocycles. The van der Waals surface area contributed by atoms with Crippen molar-refractivity contribution < 1.29 is 14.6 Å². The molecule has 0 unspecified atom stereocenters. The van der Waals surface area contributed by atoms with Crippen LogP contribution in [0.3, 0.4) is 0 Å². The third-order valence-corrected chi connectivity index (χ3v) is 3.45. The van der Waals surface area contributed by atoms with Gasteiger partial charge in [0.1, 0.15) is 5.60 Å². The Labute approximate surface area is 130 Å². The molecule has 0 aromatic carbocycles. The Morgan fingerprint density at radius 1 is 1.55 bits per heavy atom. The van der Waals surface area contributed by atoms with Crippen molar-refractivity contribution in [3.05, 3.63) is 18.5 Å². The summed E-state index contributed by atoms with van der Waals surface area (Å²) in [6.07, 6.45) is 2.68. The molecule has 2 heterocycles. The van der Waals surface area contributed by atoms with Crippen LogP contribution >= 0.6 is 0 Å². The number of aliphatic hydroxyl groups is 1. The lowest BCUT2D eigenvalue weighted by molar-refractivity contribution is 0.0399. The monoisotopic (exact) mass is 308 g/mol. The summed E-state index contributed by atoms with van der Waals surface area (Å²) in [5.74, 6) is 0. The Bertz CT molecular complexity index is 530. The largest absolute Gasteiger partial charge is 0.444 e. The molecule has 22 heavy (non-hydrogen) atoms. The van der Waals surface area contributed by atoms with Crippen LogP contribution in [0.25, 0.3) is 0 Å². The van der Waals surface area contributed by atoms with Crippen molar-refractivity contribution in [3.8, 4) is 0 Å². The topological polar surface area (TPSA) is 101 Å². The lowest BCUT2D eigenvalue weighted by Gasteiger charge is -2.38. The number of carbonyl (C=O) groups is 1. The molecule has 0 saturated carbocycles. The van der Waals surface area contributed by atoms with Gasteiger partial charge >= 0.3 is 6.09 Å². The van der Waals surface area contributed by atoms with Crippen molar-refractivity contribution >= 4 is 17.5 Å². The highest BCUT2D eigenvalue weighted by atomic mass is 16.6. The number of aromatic nitrogens is 1. The number of nitrogens with zero attached hydrogens (tertiary/aromatic N) is 2. The van der Waals surface area contributed by atoms with Crippen molar-refractivity contribution in [2.75, 3.05) is 23.7 Å². The molecule has 1 amide bonds. The van der Waals surface area contributed by atoms with Crippen LogP contribution in [0.15, 0.2) is 18.5 Å². The number of rotatable bonds is 2. The van der Waals surface area contributed by atoms with Gasteiger partial charge in [0.25, 0.3) is 0 Å². The van der Waals surface area contributed by atoms with E-state index in [1.165, 1.54) is 0 Å². The summed E-state index contributed by atoms with van der Waals surface area (Å²) in [5, 5.41) is 12.8. The molecular formula is C15H24N4O3. The SMILES string of the molecule is CC(C)(C)OC(=O)N[C@H]1CN(c2ccncc2N)CC[C@@H]1O. The second-order valence-corrected chi connectivity index (χ2v) is 6.49. The summed E-state index contributed by atoms with van der Waals surface area (Å²) in [5.41, 5.74) is 6.80. The maximum Gasteiger partial charge on any atom is 0.408 e. The molecule has 4 N–H and O–H groups in total. The molecule has 1 aliphatic rings. The Morgan fingerprint density at radius 3 is 2.91 bits per heavy atom. The summed E-state index contributed by atoms with van der Waals surface area (Å²) >= 11 is 0. The molecule has 1 saturated heterocycles. The number of nitrogens with two attached hydrogens (primary N) is 1. The number of carbonyl (C=O) groups excluding carboxylic acids is 1. The fourth-order valence-electron chi connectivity index (χ4n) is 2.45. The average molecular weight is 308 g/mol. The maximum absolute atomic E-state index is 11.9. The first-order chi connectivity index (χ1) is 10.3. The number of nitrogen functional groups attached to an aromatic ring is 1. The minimum absolute atomic E-state index is 0.406. The van der Waals surface area contributed by atoms with E-state index >= 15 is 0 Å². The van der Waals surface area contributed by atoms with Gasteiger partial charge in [-0.1, -0.05) is 0 Å². The quantitative estimate of drug-likeness (QED) is 0.757. The van der Waals surface area contributed by atoms with Gasteiger partial charge in [0.15, 0.2) is 0 Å². The number of aliphatic hydroxyl groups excluding tert-OH is 1. The van der Waals surface area contributed by atoms with E-state index in [1.807, 2.05) is 11.0 Å². The molecule has 0 spiro atoms. The zero-order valence-corrected chi connectivity index (χ0v) is 13.2. The average Bonchev–Trinajstić information content (AvgIpc) is 2.40. The van der Waals surface area contributed by atoms with E-state index in [-0.39, 0.29) is 0 Å². The van der Waals surface area contributed by atoms with E-state index in [0.29, 0.717) is 25.2 Å². The standard InChI is InChI=1S/C15H24N4O3/c1-15(2,3)22-14(21)18-11-9-19(7-5-13(11)20)12-4-6-17-8-10(12)16/h4,6,8,11,13,20H,5,7,9,16H2,1-3H3,(H,18,21)/t11-,13-/m0/s1. The zero-order valence-electron chi connectivity index (χ0n) is 13.2. The molecule has 7 nitrogen and oxygen atoms in total. The van der Waals surface area contributed by atoms with Crippen LogP contribution in [0.4, 0.5) is 16.2 Å². The molecule has 122 valence electrons. The van der Waals surface area contributed by atoms with Crippen molar-refractivity contribution in [1.82, 2.24) is 10.3 Å². The predicted octanol–water partition coefficient (Wildman–Crippen LogP) is 1.13. The fraction of sp³-hybridized carbons (Fsp3) is 0.600. The van der Waals surface area contributed by atoms with Crippen molar-refractivity contribution in [2.24, 2.45) is 0 Å². The van der Waals surface area contributed by atoms with Gasteiger partial charge in [0.2, 0.25) is 0 Å². The lowest BCUT2D eigenvalue weighted by Crippen LogP contribution is -2.56. The number of anilines is 2. The smallest absolute Gasteiger partial charge is 0.408 e. The Hall–Kier alpha value is -2.02. The summed E-state index contributed by atoms with van der Waals surface area (Å²) in [6, 6.07) is 1.42. The number of pyridine rings is 1. The van der Waals surface area contributed by atoms with Gasteiger partial charge in [-0.2, -0.15) is 0 Å². The molecular weight excluding hydrogens is 284 g/mol. The second kappa shape index (κ2) is 6.39. The van der Waals surface area contributed by atoms with Gasteiger partial charge in [-0.25, -0.2) is 4.79 Å². The van der Waals surface area contributed by atoms with Crippen molar-refractivity contribution in [2.45, 2.75) is 44.9 Å². The first kappa shape index (κ1) is 16.4. The van der Waals surface area contributed by atoms with Gasteiger partial charge in [0, 0.05) is 19.3 Å². The van der Waals surface area contributed by atoms with Crippen LogP contribution in [0.2, 0.25) is 0 Å². The Morgan fingerprint density at radius 2 is 2.27 bits per heavy atom. The number of alkyl carbamates (subject to hydrolysis) is 1. The molecule has 2 rings (SSSR count). The number of nitrogens with one attached hydrogen (secondary N) is 1. The van der Waals surface area contributed by atoms with Crippen LogP contribution in [-0.2, 0) is 4.74 Å². The highest BCUT2D eigenvalue weighted by molar-refractivity contribution is 5.69. The van der Waals surface area contributed by atoms with Crippen LogP contribution in [-0.4, -0.2) is 47.0 Å². The van der Waals surface area contributed by atoms with E-state index in [0.717, 1.165) is 5.69 Å². The number of ether oxygens (including phenoxy) is 1. The van der Waals surface area contributed by atoms with Crippen LogP contribution < -0.4 is 16.0 Å². The third-order valence-electron chi connectivity index (χ3n) is 3.45. The normalized spacial score (nSPS) is 22.3. The van der Waals surface area contributed by atoms with Crippen LogP contribution in [0.5, 0.6) is 0 Å². The number of piperidine rings is 1. The van der Waals surface area contributed by atoms with E-state index < -0.39 is 23.8 Å². The summed E-state index contributed by atoms with van der Waals surface area (Å²) in [6.45, 7) is 6.53.